The second kappa shape index (κ2) is 4.34. The molecule has 17 heavy (non-hydrogen) atoms. The van der Waals surface area contributed by atoms with E-state index in [4.69, 9.17) is 4.42 Å². The van der Waals surface area contributed by atoms with Crippen LogP contribution in [0.15, 0.2) is 40.8 Å². The summed E-state index contributed by atoms with van der Waals surface area (Å²) >= 11 is 0. The van der Waals surface area contributed by atoms with Crippen LogP contribution < -0.4 is 5.32 Å². The standard InChI is InChI=1S/C14H14FNO/c15-13-4-2-1-3-12(13)14-8-7-11(17-14)9-16-10-5-6-10/h1-4,7-8,10,16H,5-6,9H2/p+1. The molecular formula is C14H15FNO+. The lowest BCUT2D eigenvalue weighted by atomic mass is 10.1. The molecule has 2 nitrogen and oxygen atoms in total. The van der Waals surface area contributed by atoms with Crippen molar-refractivity contribution >= 4 is 0 Å². The summed E-state index contributed by atoms with van der Waals surface area (Å²) in [5.41, 5.74) is 0.533. The van der Waals surface area contributed by atoms with Gasteiger partial charge >= 0.3 is 0 Å². The summed E-state index contributed by atoms with van der Waals surface area (Å²) in [4.78, 5) is 0. The van der Waals surface area contributed by atoms with Crippen molar-refractivity contribution in [3.8, 4) is 11.3 Å². The SMILES string of the molecule is Fc1ccccc1-c1ccc(C[NH2+]C2CC2)o1. The number of halogens is 1. The van der Waals surface area contributed by atoms with Crippen LogP contribution in [0.1, 0.15) is 18.6 Å². The van der Waals surface area contributed by atoms with Crippen LogP contribution in [0.5, 0.6) is 0 Å². The highest BCUT2D eigenvalue weighted by atomic mass is 19.1. The van der Waals surface area contributed by atoms with Crippen LogP contribution in [0.2, 0.25) is 0 Å². The third-order valence-electron chi connectivity index (χ3n) is 3.08. The maximum atomic E-state index is 13.5. The molecule has 1 fully saturated rings. The largest absolute Gasteiger partial charge is 0.455 e. The van der Waals surface area contributed by atoms with E-state index < -0.39 is 0 Å². The first-order valence-electron chi connectivity index (χ1n) is 6.00. The molecule has 1 aliphatic rings. The lowest BCUT2D eigenvalue weighted by Gasteiger charge is -1.99. The van der Waals surface area contributed by atoms with Gasteiger partial charge in [0.15, 0.2) is 5.76 Å². The molecule has 1 aromatic carbocycles. The Balaban J connectivity index is 1.77. The van der Waals surface area contributed by atoms with Gasteiger partial charge in [0.25, 0.3) is 0 Å². The Morgan fingerprint density at radius 3 is 2.76 bits per heavy atom. The Hall–Kier alpha value is -1.61. The van der Waals surface area contributed by atoms with Crippen LogP contribution in [0.25, 0.3) is 11.3 Å². The lowest BCUT2D eigenvalue weighted by Crippen LogP contribution is -2.84. The Kier molecular flexibility index (Phi) is 2.69. The van der Waals surface area contributed by atoms with E-state index in [0.29, 0.717) is 11.3 Å². The van der Waals surface area contributed by atoms with Crippen molar-refractivity contribution in [2.45, 2.75) is 25.4 Å². The molecule has 3 heteroatoms. The second-order valence-corrected chi connectivity index (χ2v) is 4.52. The van der Waals surface area contributed by atoms with Gasteiger partial charge in [-0.25, -0.2) is 4.39 Å². The third-order valence-corrected chi connectivity index (χ3v) is 3.08. The van der Waals surface area contributed by atoms with E-state index >= 15 is 0 Å². The fourth-order valence-corrected chi connectivity index (χ4v) is 1.91. The summed E-state index contributed by atoms with van der Waals surface area (Å²) < 4.78 is 19.2. The van der Waals surface area contributed by atoms with Gasteiger partial charge in [-0.2, -0.15) is 0 Å². The average molecular weight is 232 g/mol. The van der Waals surface area contributed by atoms with E-state index in [2.05, 4.69) is 5.32 Å². The summed E-state index contributed by atoms with van der Waals surface area (Å²) in [5.74, 6) is 1.29. The third kappa shape index (κ3) is 2.39. The molecule has 1 saturated carbocycles. The fourth-order valence-electron chi connectivity index (χ4n) is 1.91. The predicted molar refractivity (Wildman–Crippen MR) is 62.8 cm³/mol. The Morgan fingerprint density at radius 2 is 2.00 bits per heavy atom. The molecule has 0 spiro atoms. The minimum atomic E-state index is -0.237. The van der Waals surface area contributed by atoms with Crippen LogP contribution in [0.4, 0.5) is 4.39 Å². The lowest BCUT2D eigenvalue weighted by molar-refractivity contribution is -0.685. The average Bonchev–Trinajstić information content (AvgIpc) is 3.06. The quantitative estimate of drug-likeness (QED) is 0.861. The zero-order chi connectivity index (χ0) is 11.7. The molecule has 0 radical (unpaired) electrons. The number of nitrogens with two attached hydrogens (primary N) is 1. The molecule has 1 aromatic heterocycles. The monoisotopic (exact) mass is 232 g/mol. The first-order chi connectivity index (χ1) is 8.33. The van der Waals surface area contributed by atoms with E-state index in [0.717, 1.165) is 18.3 Å². The Bertz CT molecular complexity index is 516. The molecular weight excluding hydrogens is 217 g/mol. The van der Waals surface area contributed by atoms with Crippen molar-refractivity contribution in [2.24, 2.45) is 0 Å². The summed E-state index contributed by atoms with van der Waals surface area (Å²) in [5, 5.41) is 2.28. The van der Waals surface area contributed by atoms with Crippen molar-refractivity contribution in [2.75, 3.05) is 0 Å². The zero-order valence-electron chi connectivity index (χ0n) is 9.53. The molecule has 3 rings (SSSR count). The van der Waals surface area contributed by atoms with Gasteiger partial charge in [-0.15, -0.1) is 0 Å². The zero-order valence-corrected chi connectivity index (χ0v) is 9.53. The Labute approximate surface area is 99.5 Å². The molecule has 0 aliphatic heterocycles. The maximum Gasteiger partial charge on any atom is 0.158 e. The first kappa shape index (κ1) is 10.5. The van der Waals surface area contributed by atoms with Crippen molar-refractivity contribution in [3.05, 3.63) is 48.0 Å². The van der Waals surface area contributed by atoms with Gasteiger partial charge in [0.1, 0.15) is 18.1 Å². The molecule has 1 heterocycles. The topological polar surface area (TPSA) is 29.8 Å². The number of hydrogen-bond donors (Lipinski definition) is 1. The van der Waals surface area contributed by atoms with Gasteiger partial charge in [-0.1, -0.05) is 12.1 Å². The van der Waals surface area contributed by atoms with Gasteiger partial charge in [-0.05, 0) is 24.3 Å². The number of benzene rings is 1. The van der Waals surface area contributed by atoms with Gasteiger partial charge in [0, 0.05) is 12.8 Å². The molecule has 2 N–H and O–H groups in total. The van der Waals surface area contributed by atoms with E-state index in [-0.39, 0.29) is 5.82 Å². The molecule has 2 aromatic rings. The summed E-state index contributed by atoms with van der Waals surface area (Å²) in [6.45, 7) is 0.846. The smallest absolute Gasteiger partial charge is 0.158 e. The minimum Gasteiger partial charge on any atom is -0.455 e. The van der Waals surface area contributed by atoms with Crippen LogP contribution in [0.3, 0.4) is 0 Å². The van der Waals surface area contributed by atoms with Gasteiger partial charge < -0.3 is 9.73 Å². The van der Waals surface area contributed by atoms with Gasteiger partial charge in [0.05, 0.1) is 11.6 Å². The minimum absolute atomic E-state index is 0.237. The maximum absolute atomic E-state index is 13.5. The van der Waals surface area contributed by atoms with Crippen LogP contribution in [-0.4, -0.2) is 6.04 Å². The molecule has 1 aliphatic carbocycles. The van der Waals surface area contributed by atoms with Crippen molar-refractivity contribution in [1.82, 2.24) is 0 Å². The first-order valence-corrected chi connectivity index (χ1v) is 6.00. The number of furan rings is 1. The molecule has 0 unspecified atom stereocenters. The van der Waals surface area contributed by atoms with Gasteiger partial charge in [0.2, 0.25) is 0 Å². The second-order valence-electron chi connectivity index (χ2n) is 4.52. The van der Waals surface area contributed by atoms with Crippen molar-refractivity contribution in [1.29, 1.82) is 0 Å². The van der Waals surface area contributed by atoms with E-state index in [1.54, 1.807) is 12.1 Å². The number of hydrogen-bond acceptors (Lipinski definition) is 1. The number of quaternary nitrogens is 1. The normalized spacial score (nSPS) is 15.1. The van der Waals surface area contributed by atoms with E-state index in [1.807, 2.05) is 18.2 Å². The van der Waals surface area contributed by atoms with Crippen molar-refractivity contribution < 1.29 is 14.1 Å². The molecule has 0 saturated heterocycles. The van der Waals surface area contributed by atoms with Crippen LogP contribution >= 0.6 is 0 Å². The summed E-state index contributed by atoms with van der Waals surface area (Å²) in [7, 11) is 0. The molecule has 88 valence electrons. The van der Waals surface area contributed by atoms with E-state index in [1.165, 1.54) is 18.9 Å². The predicted octanol–water partition coefficient (Wildman–Crippen LogP) is 2.31. The fraction of sp³-hybridized carbons (Fsp3) is 0.286. The summed E-state index contributed by atoms with van der Waals surface area (Å²) in [6.07, 6.45) is 2.61. The van der Waals surface area contributed by atoms with E-state index in [9.17, 15) is 4.39 Å². The highest BCUT2D eigenvalue weighted by Gasteiger charge is 2.25. The summed E-state index contributed by atoms with van der Waals surface area (Å²) in [6, 6.07) is 11.2. The highest BCUT2D eigenvalue weighted by Crippen LogP contribution is 2.24. The number of rotatable bonds is 4. The van der Waals surface area contributed by atoms with Gasteiger partial charge in [-0.3, -0.25) is 0 Å². The van der Waals surface area contributed by atoms with Crippen LogP contribution in [-0.2, 0) is 6.54 Å². The van der Waals surface area contributed by atoms with Crippen molar-refractivity contribution in [3.63, 3.8) is 0 Å². The molecule has 0 atom stereocenters. The molecule has 0 amide bonds. The molecule has 0 bridgehead atoms. The Morgan fingerprint density at radius 1 is 1.18 bits per heavy atom. The highest BCUT2D eigenvalue weighted by molar-refractivity contribution is 5.58. The van der Waals surface area contributed by atoms with Crippen LogP contribution in [0, 0.1) is 5.82 Å².